The summed E-state index contributed by atoms with van der Waals surface area (Å²) in [4.78, 5) is 39.4. The number of carbonyl (C=O) groups is 3. The molecule has 5 rings (SSSR count). The Balaban J connectivity index is 1.44. The number of hydrogen-bond acceptors (Lipinski definition) is 6. The van der Waals surface area contributed by atoms with Crippen molar-refractivity contribution in [1.82, 2.24) is 4.90 Å². The number of carbonyl (C=O) groups excluding carboxylic acids is 3. The maximum atomic E-state index is 13.3. The largest absolute Gasteiger partial charge is 0.507 e. The quantitative estimate of drug-likeness (QED) is 0.253. The second kappa shape index (κ2) is 11.4. The highest BCUT2D eigenvalue weighted by atomic mass is 16.5. The molecule has 7 heteroatoms. The summed E-state index contributed by atoms with van der Waals surface area (Å²) in [5.41, 5.74) is 7.33. The van der Waals surface area contributed by atoms with Gasteiger partial charge in [-0.3, -0.25) is 9.59 Å². The predicted octanol–water partition coefficient (Wildman–Crippen LogP) is 6.21. The first-order chi connectivity index (χ1) is 19.2. The molecule has 2 aromatic carbocycles. The molecule has 1 aliphatic carbocycles. The van der Waals surface area contributed by atoms with Crippen molar-refractivity contribution < 1.29 is 29.0 Å². The van der Waals surface area contributed by atoms with Crippen molar-refractivity contribution in [3.63, 3.8) is 0 Å². The van der Waals surface area contributed by atoms with E-state index >= 15 is 0 Å². The molecule has 3 amide bonds. The number of fused-ring (bicyclic) bond motifs is 3. The van der Waals surface area contributed by atoms with E-state index in [2.05, 4.69) is 25.1 Å². The third-order valence-electron chi connectivity index (χ3n) is 8.59. The van der Waals surface area contributed by atoms with Crippen LogP contribution >= 0.6 is 0 Å². The minimum atomic E-state index is -0.907. The molecule has 7 nitrogen and oxygen atoms in total. The van der Waals surface area contributed by atoms with Gasteiger partial charge in [0.1, 0.15) is 5.75 Å². The van der Waals surface area contributed by atoms with Gasteiger partial charge in [0, 0.05) is 5.92 Å². The third-order valence-corrected chi connectivity index (χ3v) is 8.59. The van der Waals surface area contributed by atoms with Gasteiger partial charge in [-0.2, -0.15) is 4.90 Å². The number of likely N-dealkylation sites (tertiary alicyclic amines) is 1. The standard InChI is InChI=1S/C33H37NO6/c1-5-9-24-17-25-29(32(37)34(31(25)36)33(38)39-4)26-18-40-27(28(24)26)13-12-23(22-10-7-6-8-11-22)16-21-14-19(2)30(35)20(3)15-21/h6-8,10-11,14-16,25-27,29,35H,5,9,12-13,17-18H2,1-4H3/b23-16-/t25-,26+,27-,29-/m1/s1. The molecule has 0 saturated carbocycles. The predicted molar refractivity (Wildman–Crippen MR) is 152 cm³/mol. The fourth-order valence-corrected chi connectivity index (χ4v) is 6.80. The zero-order valence-electron chi connectivity index (χ0n) is 23.6. The van der Waals surface area contributed by atoms with E-state index in [-0.39, 0.29) is 12.0 Å². The van der Waals surface area contributed by atoms with Crippen LogP contribution in [-0.2, 0) is 19.1 Å². The molecule has 3 aliphatic rings. The Kier molecular flexibility index (Phi) is 7.95. The van der Waals surface area contributed by atoms with Crippen LogP contribution in [0.1, 0.15) is 61.3 Å². The van der Waals surface area contributed by atoms with Crippen molar-refractivity contribution in [2.45, 2.75) is 59.0 Å². The first kappa shape index (κ1) is 27.8. The number of methoxy groups -OCH3 is 1. The monoisotopic (exact) mass is 543 g/mol. The van der Waals surface area contributed by atoms with Crippen LogP contribution < -0.4 is 0 Å². The van der Waals surface area contributed by atoms with Gasteiger partial charge in [0.05, 0.1) is 31.7 Å². The summed E-state index contributed by atoms with van der Waals surface area (Å²) in [5.74, 6) is -1.92. The molecule has 2 saturated heterocycles. The third kappa shape index (κ3) is 4.99. The number of imide groups is 3. The SMILES string of the molecule is CCCC1=C2[C@@H](CC/C(=C/c3cc(C)c(O)c(C)c3)c3ccccc3)OC[C@@H]2[C@@H]2C(=O)N(C(=O)OC)C(=O)[C@@H]2C1. The van der Waals surface area contributed by atoms with E-state index in [9.17, 15) is 19.5 Å². The van der Waals surface area contributed by atoms with Crippen molar-refractivity contribution in [2.75, 3.05) is 13.7 Å². The fourth-order valence-electron chi connectivity index (χ4n) is 6.80. The first-order valence-corrected chi connectivity index (χ1v) is 14.1. The number of rotatable bonds is 7. The van der Waals surface area contributed by atoms with E-state index in [1.54, 1.807) is 0 Å². The van der Waals surface area contributed by atoms with Crippen molar-refractivity contribution in [3.05, 3.63) is 75.9 Å². The zero-order valence-corrected chi connectivity index (χ0v) is 23.6. The fraction of sp³-hybridized carbons (Fsp3) is 0.424. The minimum absolute atomic E-state index is 0.155. The molecule has 210 valence electrons. The molecule has 2 aliphatic heterocycles. The van der Waals surface area contributed by atoms with Gasteiger partial charge >= 0.3 is 6.09 Å². The second-order valence-electron chi connectivity index (χ2n) is 11.1. The highest BCUT2D eigenvalue weighted by Gasteiger charge is 2.58. The van der Waals surface area contributed by atoms with Crippen molar-refractivity contribution in [2.24, 2.45) is 17.8 Å². The van der Waals surface area contributed by atoms with Crippen LogP contribution in [0, 0.1) is 31.6 Å². The molecule has 2 aromatic rings. The van der Waals surface area contributed by atoms with E-state index < -0.39 is 29.7 Å². The van der Waals surface area contributed by atoms with Gasteiger partial charge in [0.25, 0.3) is 0 Å². The number of ether oxygens (including phenoxy) is 2. The molecule has 40 heavy (non-hydrogen) atoms. The van der Waals surface area contributed by atoms with E-state index in [1.807, 2.05) is 44.2 Å². The van der Waals surface area contributed by atoms with Crippen LogP contribution in [0.4, 0.5) is 4.79 Å². The lowest BCUT2D eigenvalue weighted by molar-refractivity contribution is -0.137. The van der Waals surface area contributed by atoms with Crippen molar-refractivity contribution in [1.29, 1.82) is 0 Å². The molecule has 0 spiro atoms. The summed E-state index contributed by atoms with van der Waals surface area (Å²) < 4.78 is 11.1. The van der Waals surface area contributed by atoms with E-state index in [4.69, 9.17) is 9.47 Å². The van der Waals surface area contributed by atoms with Gasteiger partial charge in [0.2, 0.25) is 11.8 Å². The normalized spacial score (nSPS) is 24.4. The van der Waals surface area contributed by atoms with Crippen LogP contribution in [0.3, 0.4) is 0 Å². The number of amides is 3. The average Bonchev–Trinajstić information content (AvgIpc) is 3.48. The summed E-state index contributed by atoms with van der Waals surface area (Å²) in [7, 11) is 1.18. The van der Waals surface area contributed by atoms with Crippen LogP contribution in [0.15, 0.2) is 53.6 Å². The van der Waals surface area contributed by atoms with Crippen LogP contribution in [0.5, 0.6) is 5.75 Å². The molecule has 0 aromatic heterocycles. The Bertz CT molecular complexity index is 1370. The number of hydrogen-bond donors (Lipinski definition) is 1. The lowest BCUT2D eigenvalue weighted by atomic mass is 9.68. The Morgan fingerprint density at radius 2 is 1.80 bits per heavy atom. The van der Waals surface area contributed by atoms with Gasteiger partial charge in [0.15, 0.2) is 0 Å². The molecule has 2 fully saturated rings. The summed E-state index contributed by atoms with van der Waals surface area (Å²) in [6.45, 7) is 6.29. The first-order valence-electron chi connectivity index (χ1n) is 14.1. The van der Waals surface area contributed by atoms with Crippen LogP contribution in [0.25, 0.3) is 11.6 Å². The van der Waals surface area contributed by atoms with Crippen molar-refractivity contribution >= 4 is 29.6 Å². The molecule has 0 radical (unpaired) electrons. The van der Waals surface area contributed by atoms with Crippen LogP contribution in [-0.4, -0.2) is 47.7 Å². The number of aryl methyl sites for hydroxylation is 2. The second-order valence-corrected chi connectivity index (χ2v) is 11.1. The molecule has 1 N–H and O–H groups in total. The van der Waals surface area contributed by atoms with Gasteiger partial charge in [-0.05, 0) is 85.1 Å². The molecule has 4 atom stereocenters. The summed E-state index contributed by atoms with van der Waals surface area (Å²) in [6, 6.07) is 14.2. The Labute approximate surface area is 235 Å². The maximum absolute atomic E-state index is 13.3. The van der Waals surface area contributed by atoms with Gasteiger partial charge in [-0.25, -0.2) is 4.79 Å². The van der Waals surface area contributed by atoms with E-state index in [0.717, 1.165) is 59.1 Å². The number of nitrogens with zero attached hydrogens (tertiary/aromatic N) is 1. The van der Waals surface area contributed by atoms with Gasteiger partial charge < -0.3 is 14.6 Å². The number of aromatic hydroxyl groups is 1. The minimum Gasteiger partial charge on any atom is -0.507 e. The Morgan fingerprint density at radius 1 is 1.10 bits per heavy atom. The highest BCUT2D eigenvalue weighted by Crippen LogP contribution is 2.51. The zero-order chi connectivity index (χ0) is 28.6. The highest BCUT2D eigenvalue weighted by molar-refractivity contribution is 6.16. The van der Waals surface area contributed by atoms with E-state index in [0.29, 0.717) is 23.7 Å². The molecule has 0 bridgehead atoms. The summed E-state index contributed by atoms with van der Waals surface area (Å²) >= 11 is 0. The number of benzene rings is 2. The topological polar surface area (TPSA) is 93.1 Å². The average molecular weight is 544 g/mol. The lowest BCUT2D eigenvalue weighted by Gasteiger charge is -2.32. The van der Waals surface area contributed by atoms with Crippen LogP contribution in [0.2, 0.25) is 0 Å². The molecular formula is C33H37NO6. The summed E-state index contributed by atoms with van der Waals surface area (Å²) in [5, 5.41) is 10.3. The molecule has 2 heterocycles. The summed E-state index contributed by atoms with van der Waals surface area (Å²) in [6.07, 6.45) is 4.83. The smallest absolute Gasteiger partial charge is 0.423 e. The molecule has 0 unspecified atom stereocenters. The Hall–Kier alpha value is -3.71. The van der Waals surface area contributed by atoms with Gasteiger partial charge in [-0.1, -0.05) is 55.3 Å². The Morgan fingerprint density at radius 3 is 2.45 bits per heavy atom. The van der Waals surface area contributed by atoms with Crippen molar-refractivity contribution in [3.8, 4) is 5.75 Å². The molecular weight excluding hydrogens is 506 g/mol. The lowest BCUT2D eigenvalue weighted by Crippen LogP contribution is -2.38. The number of allylic oxidation sites excluding steroid dienone is 2. The maximum Gasteiger partial charge on any atom is 0.423 e. The van der Waals surface area contributed by atoms with Gasteiger partial charge in [-0.15, -0.1) is 0 Å². The number of phenolic OH excluding ortho intramolecular Hbond substituents is 1. The van der Waals surface area contributed by atoms with E-state index in [1.165, 1.54) is 12.7 Å². The number of phenols is 1.